The Balaban J connectivity index is 2.04. The number of amides is 2. The molecule has 0 saturated carbocycles. The average molecular weight is 548 g/mol. The molecular formula is C26H27Cl2N3O4S. The van der Waals surface area contributed by atoms with E-state index in [2.05, 4.69) is 5.32 Å². The van der Waals surface area contributed by atoms with E-state index in [1.54, 1.807) is 42.5 Å². The zero-order valence-electron chi connectivity index (χ0n) is 19.9. The third-order valence-corrected chi connectivity index (χ3v) is 7.24. The van der Waals surface area contributed by atoms with Gasteiger partial charge in [0.05, 0.1) is 17.0 Å². The van der Waals surface area contributed by atoms with E-state index in [1.165, 1.54) is 18.0 Å². The lowest BCUT2D eigenvalue weighted by Crippen LogP contribution is -2.52. The van der Waals surface area contributed by atoms with Crippen molar-refractivity contribution < 1.29 is 18.0 Å². The van der Waals surface area contributed by atoms with Crippen molar-refractivity contribution in [2.75, 3.05) is 24.2 Å². The van der Waals surface area contributed by atoms with Crippen molar-refractivity contribution in [2.24, 2.45) is 0 Å². The largest absolute Gasteiger partial charge is 0.357 e. The van der Waals surface area contributed by atoms with Crippen LogP contribution in [0.5, 0.6) is 0 Å². The smallest absolute Gasteiger partial charge is 0.244 e. The van der Waals surface area contributed by atoms with Crippen molar-refractivity contribution >= 4 is 50.7 Å². The summed E-state index contributed by atoms with van der Waals surface area (Å²) in [5, 5.41) is 3.29. The summed E-state index contributed by atoms with van der Waals surface area (Å²) in [6.07, 6.45) is 1.24. The molecule has 0 radical (unpaired) electrons. The lowest BCUT2D eigenvalue weighted by molar-refractivity contribution is -0.139. The molecule has 0 aliphatic carbocycles. The number of hydrogen-bond acceptors (Lipinski definition) is 4. The number of nitrogens with zero attached hydrogens (tertiary/aromatic N) is 2. The number of hydrogen-bond donors (Lipinski definition) is 1. The molecule has 3 rings (SSSR count). The molecule has 1 N–H and O–H groups in total. The predicted octanol–water partition coefficient (Wildman–Crippen LogP) is 4.15. The summed E-state index contributed by atoms with van der Waals surface area (Å²) in [6.45, 7) is -0.490. The molecule has 36 heavy (non-hydrogen) atoms. The molecule has 2 amide bonds. The first kappa shape index (κ1) is 27.5. The monoisotopic (exact) mass is 547 g/mol. The third kappa shape index (κ3) is 7.22. The second-order valence-electron chi connectivity index (χ2n) is 8.19. The predicted molar refractivity (Wildman–Crippen MR) is 144 cm³/mol. The van der Waals surface area contributed by atoms with Crippen molar-refractivity contribution in [3.05, 3.63) is 100 Å². The Morgan fingerprint density at radius 1 is 0.917 bits per heavy atom. The highest BCUT2D eigenvalue weighted by Gasteiger charge is 2.33. The second kappa shape index (κ2) is 12.3. The highest BCUT2D eigenvalue weighted by Crippen LogP contribution is 2.28. The van der Waals surface area contributed by atoms with Gasteiger partial charge in [-0.15, -0.1) is 0 Å². The van der Waals surface area contributed by atoms with Crippen LogP contribution >= 0.6 is 23.2 Å². The Morgan fingerprint density at radius 2 is 1.56 bits per heavy atom. The van der Waals surface area contributed by atoms with Crippen LogP contribution in [-0.4, -0.2) is 51.0 Å². The Hall–Kier alpha value is -3.07. The van der Waals surface area contributed by atoms with Crippen molar-refractivity contribution in [1.82, 2.24) is 10.2 Å². The number of anilines is 1. The molecule has 1 atom stereocenters. The molecule has 7 nitrogen and oxygen atoms in total. The van der Waals surface area contributed by atoms with Gasteiger partial charge in [-0.25, -0.2) is 8.42 Å². The van der Waals surface area contributed by atoms with Crippen LogP contribution in [-0.2, 0) is 32.6 Å². The molecule has 190 valence electrons. The molecule has 3 aromatic carbocycles. The van der Waals surface area contributed by atoms with Crippen LogP contribution in [0.1, 0.15) is 11.1 Å². The van der Waals surface area contributed by atoms with Gasteiger partial charge in [0.15, 0.2) is 0 Å². The lowest BCUT2D eigenvalue weighted by Gasteiger charge is -2.33. The van der Waals surface area contributed by atoms with E-state index in [0.29, 0.717) is 10.6 Å². The number of halogens is 2. The van der Waals surface area contributed by atoms with Crippen LogP contribution < -0.4 is 9.62 Å². The molecule has 0 heterocycles. The SMILES string of the molecule is CNC(=O)[C@H](Cc1ccccc1)N(Cc1cccc(Cl)c1)C(=O)CN(c1ccccc1Cl)S(C)(=O)=O. The molecule has 0 aliphatic rings. The van der Waals surface area contributed by atoms with Crippen LogP contribution in [0.25, 0.3) is 0 Å². The minimum Gasteiger partial charge on any atom is -0.357 e. The number of carbonyl (C=O) groups excluding carboxylic acids is 2. The van der Waals surface area contributed by atoms with Gasteiger partial charge in [-0.1, -0.05) is 77.8 Å². The summed E-state index contributed by atoms with van der Waals surface area (Å²) >= 11 is 12.4. The quantitative estimate of drug-likeness (QED) is 0.413. The number of para-hydroxylation sites is 1. The molecule has 0 fully saturated rings. The normalized spacial score (nSPS) is 12.0. The van der Waals surface area contributed by atoms with Gasteiger partial charge in [-0.05, 0) is 35.4 Å². The minimum atomic E-state index is -3.88. The maximum Gasteiger partial charge on any atom is 0.244 e. The van der Waals surface area contributed by atoms with E-state index in [4.69, 9.17) is 23.2 Å². The van der Waals surface area contributed by atoms with Crippen LogP contribution in [0.15, 0.2) is 78.9 Å². The Morgan fingerprint density at radius 3 is 2.17 bits per heavy atom. The Bertz CT molecular complexity index is 1320. The van der Waals surface area contributed by atoms with Crippen molar-refractivity contribution in [3.63, 3.8) is 0 Å². The van der Waals surface area contributed by atoms with Gasteiger partial charge >= 0.3 is 0 Å². The van der Waals surface area contributed by atoms with E-state index in [1.807, 2.05) is 30.3 Å². The van der Waals surface area contributed by atoms with E-state index < -0.39 is 28.5 Å². The Kier molecular flexibility index (Phi) is 9.37. The van der Waals surface area contributed by atoms with Gasteiger partial charge in [0.2, 0.25) is 21.8 Å². The maximum atomic E-state index is 13.8. The van der Waals surface area contributed by atoms with E-state index >= 15 is 0 Å². The first-order valence-corrected chi connectivity index (χ1v) is 13.7. The number of rotatable bonds is 10. The van der Waals surface area contributed by atoms with Gasteiger partial charge in [0.1, 0.15) is 12.6 Å². The molecule has 0 spiro atoms. The summed E-state index contributed by atoms with van der Waals surface area (Å²) in [7, 11) is -2.38. The Labute approximate surface area is 221 Å². The first-order valence-electron chi connectivity index (χ1n) is 11.1. The fourth-order valence-corrected chi connectivity index (χ4v) is 5.16. The van der Waals surface area contributed by atoms with Gasteiger partial charge in [0, 0.05) is 25.0 Å². The summed E-state index contributed by atoms with van der Waals surface area (Å²) < 4.78 is 26.3. The first-order chi connectivity index (χ1) is 17.1. The minimum absolute atomic E-state index is 0.0461. The number of benzene rings is 3. The zero-order valence-corrected chi connectivity index (χ0v) is 22.2. The third-order valence-electron chi connectivity index (χ3n) is 5.56. The molecule has 0 aromatic heterocycles. The van der Waals surface area contributed by atoms with Crippen molar-refractivity contribution in [3.8, 4) is 0 Å². The summed E-state index contributed by atoms with van der Waals surface area (Å²) in [5.41, 5.74) is 1.72. The molecule has 0 saturated heterocycles. The van der Waals surface area contributed by atoms with Crippen LogP contribution in [0.2, 0.25) is 10.0 Å². The molecule has 10 heteroatoms. The fourth-order valence-electron chi connectivity index (χ4n) is 3.80. The number of nitrogens with one attached hydrogen (secondary N) is 1. The van der Waals surface area contributed by atoms with E-state index in [-0.39, 0.29) is 29.6 Å². The fraction of sp³-hybridized carbons (Fsp3) is 0.231. The average Bonchev–Trinajstić information content (AvgIpc) is 2.84. The summed E-state index contributed by atoms with van der Waals surface area (Å²) in [4.78, 5) is 28.2. The van der Waals surface area contributed by atoms with Crippen LogP contribution in [0.3, 0.4) is 0 Å². The molecular weight excluding hydrogens is 521 g/mol. The molecule has 0 unspecified atom stereocenters. The van der Waals surface area contributed by atoms with E-state index in [0.717, 1.165) is 16.1 Å². The lowest BCUT2D eigenvalue weighted by atomic mass is 10.0. The second-order valence-corrected chi connectivity index (χ2v) is 10.9. The summed E-state index contributed by atoms with van der Waals surface area (Å²) in [6, 6.07) is 21.7. The molecule has 3 aromatic rings. The highest BCUT2D eigenvalue weighted by atomic mass is 35.5. The van der Waals surface area contributed by atoms with Crippen LogP contribution in [0.4, 0.5) is 5.69 Å². The zero-order chi connectivity index (χ0) is 26.3. The van der Waals surface area contributed by atoms with Gasteiger partial charge in [-0.3, -0.25) is 13.9 Å². The van der Waals surface area contributed by atoms with E-state index in [9.17, 15) is 18.0 Å². The van der Waals surface area contributed by atoms with Gasteiger partial charge in [0.25, 0.3) is 0 Å². The molecule has 0 bridgehead atoms. The van der Waals surface area contributed by atoms with Crippen molar-refractivity contribution in [2.45, 2.75) is 19.0 Å². The number of carbonyl (C=O) groups is 2. The number of likely N-dealkylation sites (N-methyl/N-ethyl adjacent to an activating group) is 1. The van der Waals surface area contributed by atoms with Gasteiger partial charge < -0.3 is 10.2 Å². The number of sulfonamides is 1. The maximum absolute atomic E-state index is 13.8. The van der Waals surface area contributed by atoms with Crippen LogP contribution in [0, 0.1) is 0 Å². The topological polar surface area (TPSA) is 86.8 Å². The highest BCUT2D eigenvalue weighted by molar-refractivity contribution is 7.92. The summed E-state index contributed by atoms with van der Waals surface area (Å²) in [5.74, 6) is -0.942. The standard InChI is InChI=1S/C26H27Cl2N3O4S/c1-29-26(33)24(16-19-9-4-3-5-10-19)30(17-20-11-8-12-21(27)15-20)25(32)18-31(36(2,34)35)23-14-7-6-13-22(23)28/h3-15,24H,16-18H2,1-2H3,(H,29,33)/t24-/m0/s1. The van der Waals surface area contributed by atoms with Gasteiger partial charge in [-0.2, -0.15) is 0 Å². The molecule has 0 aliphatic heterocycles. The van der Waals surface area contributed by atoms with Crippen molar-refractivity contribution in [1.29, 1.82) is 0 Å².